The second kappa shape index (κ2) is 6.84. The number of carbonyl (C=O) groups is 1. The minimum Gasteiger partial charge on any atom is -0.351 e. The summed E-state index contributed by atoms with van der Waals surface area (Å²) in [4.78, 5) is 16.1. The molecule has 0 aliphatic rings. The number of nitrogens with one attached hydrogen (secondary N) is 1. The molecule has 2 rings (SSSR count). The van der Waals surface area contributed by atoms with Crippen LogP contribution in [0.4, 0.5) is 4.39 Å². The van der Waals surface area contributed by atoms with Crippen LogP contribution < -0.4 is 5.32 Å². The van der Waals surface area contributed by atoms with Gasteiger partial charge >= 0.3 is 0 Å². The fourth-order valence-corrected chi connectivity index (χ4v) is 1.94. The summed E-state index contributed by atoms with van der Waals surface area (Å²) in [6.45, 7) is 2.77. The fourth-order valence-electron chi connectivity index (χ4n) is 1.94. The molecule has 1 N–H and O–H groups in total. The van der Waals surface area contributed by atoms with E-state index in [1.54, 1.807) is 23.0 Å². The predicted molar refractivity (Wildman–Crippen MR) is 75.4 cm³/mol. The summed E-state index contributed by atoms with van der Waals surface area (Å²) in [6, 6.07) is 5.95. The van der Waals surface area contributed by atoms with Gasteiger partial charge in [0.05, 0.1) is 12.5 Å². The van der Waals surface area contributed by atoms with Crippen molar-refractivity contribution in [2.24, 2.45) is 0 Å². The first-order valence-electron chi connectivity index (χ1n) is 6.79. The molecule has 1 amide bonds. The Hall–Kier alpha value is -2.17. The van der Waals surface area contributed by atoms with Gasteiger partial charge in [0.1, 0.15) is 11.5 Å². The molecule has 20 heavy (non-hydrogen) atoms. The lowest BCUT2D eigenvalue weighted by molar-refractivity contribution is 0.0946. The first kappa shape index (κ1) is 14.2. The molecule has 0 unspecified atom stereocenters. The molecule has 0 atom stereocenters. The maximum atomic E-state index is 12.9. The van der Waals surface area contributed by atoms with Crippen molar-refractivity contribution in [2.45, 2.75) is 26.2 Å². The second-order valence-corrected chi connectivity index (χ2v) is 4.59. The summed E-state index contributed by atoms with van der Waals surface area (Å²) in [5, 5.41) is 2.87. The van der Waals surface area contributed by atoms with Gasteiger partial charge in [0.2, 0.25) is 0 Å². The van der Waals surface area contributed by atoms with Crippen molar-refractivity contribution in [3.8, 4) is 5.69 Å². The van der Waals surface area contributed by atoms with Gasteiger partial charge in [-0.05, 0) is 30.7 Å². The van der Waals surface area contributed by atoms with Crippen LogP contribution in [0.25, 0.3) is 5.69 Å². The molecule has 106 valence electrons. The molecule has 1 heterocycles. The molecule has 0 aliphatic heterocycles. The third kappa shape index (κ3) is 3.44. The van der Waals surface area contributed by atoms with Crippen molar-refractivity contribution in [3.63, 3.8) is 0 Å². The lowest BCUT2D eigenvalue weighted by Gasteiger charge is -2.08. The number of carbonyl (C=O) groups excluding carboxylic acids is 1. The zero-order valence-corrected chi connectivity index (χ0v) is 11.5. The van der Waals surface area contributed by atoms with Gasteiger partial charge < -0.3 is 5.32 Å². The smallest absolute Gasteiger partial charge is 0.269 e. The number of hydrogen-bond acceptors (Lipinski definition) is 2. The predicted octanol–water partition coefficient (Wildman–Crippen LogP) is 2.93. The monoisotopic (exact) mass is 275 g/mol. The number of hydrogen-bond donors (Lipinski definition) is 1. The van der Waals surface area contributed by atoms with Crippen LogP contribution in [-0.2, 0) is 0 Å². The Kier molecular flexibility index (Phi) is 4.87. The van der Waals surface area contributed by atoms with Gasteiger partial charge in [-0.2, -0.15) is 0 Å². The van der Waals surface area contributed by atoms with E-state index in [-0.39, 0.29) is 11.7 Å². The number of halogens is 1. The third-order valence-corrected chi connectivity index (χ3v) is 3.04. The minimum atomic E-state index is -0.306. The number of rotatable bonds is 6. The number of nitrogens with zero attached hydrogens (tertiary/aromatic N) is 2. The number of amides is 1. The Morgan fingerprint density at radius 2 is 2.05 bits per heavy atom. The van der Waals surface area contributed by atoms with E-state index in [0.717, 1.165) is 19.3 Å². The van der Waals surface area contributed by atoms with Gasteiger partial charge in [-0.3, -0.25) is 9.36 Å². The molecular weight excluding hydrogens is 257 g/mol. The Bertz CT molecular complexity index is 563. The lowest BCUT2D eigenvalue weighted by atomic mass is 10.2. The second-order valence-electron chi connectivity index (χ2n) is 4.59. The zero-order valence-electron chi connectivity index (χ0n) is 11.5. The van der Waals surface area contributed by atoms with Gasteiger partial charge in [0.15, 0.2) is 0 Å². The molecule has 0 fully saturated rings. The average Bonchev–Trinajstić information content (AvgIpc) is 2.93. The highest BCUT2D eigenvalue weighted by Gasteiger charge is 2.12. The first-order valence-corrected chi connectivity index (χ1v) is 6.79. The van der Waals surface area contributed by atoms with E-state index in [2.05, 4.69) is 17.2 Å². The van der Waals surface area contributed by atoms with Crippen molar-refractivity contribution >= 4 is 5.91 Å². The molecular formula is C15H18FN3O. The first-order chi connectivity index (χ1) is 9.72. The minimum absolute atomic E-state index is 0.164. The summed E-state index contributed by atoms with van der Waals surface area (Å²) < 4.78 is 14.6. The molecule has 5 heteroatoms. The van der Waals surface area contributed by atoms with E-state index in [0.29, 0.717) is 17.9 Å². The Labute approximate surface area is 117 Å². The molecule has 4 nitrogen and oxygen atoms in total. The highest BCUT2D eigenvalue weighted by Crippen LogP contribution is 2.12. The van der Waals surface area contributed by atoms with Crippen LogP contribution in [-0.4, -0.2) is 22.0 Å². The normalized spacial score (nSPS) is 10.5. The van der Waals surface area contributed by atoms with E-state index < -0.39 is 0 Å². The van der Waals surface area contributed by atoms with E-state index in [1.807, 2.05) is 0 Å². The number of benzene rings is 1. The topological polar surface area (TPSA) is 46.9 Å². The quantitative estimate of drug-likeness (QED) is 0.824. The van der Waals surface area contributed by atoms with Crippen LogP contribution in [0.3, 0.4) is 0 Å². The van der Waals surface area contributed by atoms with E-state index >= 15 is 0 Å². The third-order valence-electron chi connectivity index (χ3n) is 3.04. The maximum absolute atomic E-state index is 12.9. The molecule has 0 bridgehead atoms. The molecule has 0 aliphatic carbocycles. The molecule has 0 spiro atoms. The number of aromatic nitrogens is 2. The van der Waals surface area contributed by atoms with Crippen LogP contribution in [0.2, 0.25) is 0 Å². The summed E-state index contributed by atoms with van der Waals surface area (Å²) in [5.74, 6) is -0.470. The van der Waals surface area contributed by atoms with Gasteiger partial charge in [0, 0.05) is 12.2 Å². The van der Waals surface area contributed by atoms with Gasteiger partial charge in [-0.15, -0.1) is 0 Å². The van der Waals surface area contributed by atoms with E-state index in [1.165, 1.54) is 18.3 Å². The number of imidazole rings is 1. The van der Waals surface area contributed by atoms with Crippen molar-refractivity contribution in [3.05, 3.63) is 48.3 Å². The Morgan fingerprint density at radius 1 is 1.30 bits per heavy atom. The highest BCUT2D eigenvalue weighted by molar-refractivity contribution is 5.92. The van der Waals surface area contributed by atoms with Crippen LogP contribution in [0.15, 0.2) is 36.8 Å². The molecule has 0 saturated carbocycles. The SMILES string of the molecule is CCCCCNC(=O)c1cncn1-c1ccc(F)cc1. The van der Waals surface area contributed by atoms with Gasteiger partial charge in [-0.1, -0.05) is 19.8 Å². The van der Waals surface area contributed by atoms with E-state index in [4.69, 9.17) is 0 Å². The van der Waals surface area contributed by atoms with Crippen molar-refractivity contribution in [1.29, 1.82) is 0 Å². The molecule has 2 aromatic rings. The molecule has 0 saturated heterocycles. The summed E-state index contributed by atoms with van der Waals surface area (Å²) in [6.07, 6.45) is 6.24. The summed E-state index contributed by atoms with van der Waals surface area (Å²) in [7, 11) is 0. The van der Waals surface area contributed by atoms with E-state index in [9.17, 15) is 9.18 Å². The highest BCUT2D eigenvalue weighted by atomic mass is 19.1. The fraction of sp³-hybridized carbons (Fsp3) is 0.333. The van der Waals surface area contributed by atoms with Gasteiger partial charge in [0.25, 0.3) is 5.91 Å². The standard InChI is InChI=1S/C15H18FN3O/c1-2-3-4-9-18-15(20)14-10-17-11-19(14)13-7-5-12(16)6-8-13/h5-8,10-11H,2-4,9H2,1H3,(H,18,20). The Morgan fingerprint density at radius 3 is 2.75 bits per heavy atom. The zero-order chi connectivity index (χ0) is 14.4. The Balaban J connectivity index is 2.08. The van der Waals surface area contributed by atoms with Crippen LogP contribution in [0, 0.1) is 5.82 Å². The average molecular weight is 275 g/mol. The van der Waals surface area contributed by atoms with Crippen molar-refractivity contribution < 1.29 is 9.18 Å². The van der Waals surface area contributed by atoms with Gasteiger partial charge in [-0.25, -0.2) is 9.37 Å². The molecule has 1 aromatic heterocycles. The molecule has 1 aromatic carbocycles. The summed E-state index contributed by atoms with van der Waals surface area (Å²) in [5.41, 5.74) is 1.16. The maximum Gasteiger partial charge on any atom is 0.269 e. The molecule has 0 radical (unpaired) electrons. The summed E-state index contributed by atoms with van der Waals surface area (Å²) >= 11 is 0. The largest absolute Gasteiger partial charge is 0.351 e. The van der Waals surface area contributed by atoms with Crippen molar-refractivity contribution in [1.82, 2.24) is 14.9 Å². The van der Waals surface area contributed by atoms with Crippen LogP contribution >= 0.6 is 0 Å². The lowest BCUT2D eigenvalue weighted by Crippen LogP contribution is -2.26. The van der Waals surface area contributed by atoms with Crippen LogP contribution in [0.1, 0.15) is 36.7 Å². The number of unbranched alkanes of at least 4 members (excludes halogenated alkanes) is 2. The van der Waals surface area contributed by atoms with Crippen LogP contribution in [0.5, 0.6) is 0 Å². The van der Waals surface area contributed by atoms with Crippen molar-refractivity contribution in [2.75, 3.05) is 6.54 Å².